The van der Waals surface area contributed by atoms with Crippen LogP contribution in [-0.4, -0.2) is 29.8 Å². The van der Waals surface area contributed by atoms with Gasteiger partial charge < -0.3 is 24.4 Å². The molecule has 1 aromatic carbocycles. The van der Waals surface area contributed by atoms with Crippen molar-refractivity contribution in [3.63, 3.8) is 0 Å². The number of carbonyl (C=O) groups is 2. The predicted octanol–water partition coefficient (Wildman–Crippen LogP) is 6.01. The molecule has 1 N–H and O–H groups in total. The van der Waals surface area contributed by atoms with Crippen molar-refractivity contribution in [1.82, 2.24) is 5.32 Å². The van der Waals surface area contributed by atoms with Crippen molar-refractivity contribution in [3.05, 3.63) is 35.9 Å². The second-order valence-corrected chi connectivity index (χ2v) is 18.6. The van der Waals surface area contributed by atoms with E-state index >= 15 is 0 Å². The first-order valence-corrected chi connectivity index (χ1v) is 24.6. The van der Waals surface area contributed by atoms with Crippen LogP contribution in [0.3, 0.4) is 0 Å². The molecular formula is C43H76NNa2O6PS. The van der Waals surface area contributed by atoms with Gasteiger partial charge in [-0.2, -0.15) is 0 Å². The van der Waals surface area contributed by atoms with Gasteiger partial charge in [-0.15, -0.1) is 11.4 Å². The predicted molar refractivity (Wildman–Crippen MR) is 217 cm³/mol. The monoisotopic (exact) mass is 811 g/mol. The van der Waals surface area contributed by atoms with Crippen molar-refractivity contribution in [1.29, 1.82) is 0 Å². The summed E-state index contributed by atoms with van der Waals surface area (Å²) in [6.45, 7) is -0.377. The van der Waals surface area contributed by atoms with E-state index < -0.39 is 24.9 Å². The van der Waals surface area contributed by atoms with Gasteiger partial charge in [0.05, 0.1) is 11.6 Å². The number of benzene rings is 1. The van der Waals surface area contributed by atoms with Crippen LogP contribution in [0.1, 0.15) is 217 Å². The summed E-state index contributed by atoms with van der Waals surface area (Å²) in [7, 11) is 0. The fourth-order valence-electron chi connectivity index (χ4n) is 6.83. The number of rotatable bonds is 37. The first-order valence-electron chi connectivity index (χ1n) is 21.5. The molecule has 1 amide bonds. The van der Waals surface area contributed by atoms with Crippen LogP contribution in [0.4, 0.5) is 0 Å². The summed E-state index contributed by atoms with van der Waals surface area (Å²) < 4.78 is 17.6. The summed E-state index contributed by atoms with van der Waals surface area (Å²) in [5.74, 6) is -0.863. The Morgan fingerprint density at radius 1 is 0.611 bits per heavy atom. The topological polar surface area (TPSA) is 119 Å². The molecule has 1 aromatic rings. The average molecular weight is 812 g/mol. The third-order valence-corrected chi connectivity index (χ3v) is 12.3. The van der Waals surface area contributed by atoms with Crippen LogP contribution in [-0.2, 0) is 14.1 Å². The molecule has 2 atom stereocenters. The Hall–Kier alpha value is 0.660. The molecule has 302 valence electrons. The van der Waals surface area contributed by atoms with Gasteiger partial charge in [-0.1, -0.05) is 199 Å². The van der Waals surface area contributed by atoms with Crippen LogP contribution in [0, 0.1) is 0 Å². The Morgan fingerprint density at radius 2 is 0.981 bits per heavy atom. The third kappa shape index (κ3) is 35.8. The summed E-state index contributed by atoms with van der Waals surface area (Å²) in [6.07, 6.45) is 34.5. The molecule has 0 aliphatic rings. The summed E-state index contributed by atoms with van der Waals surface area (Å²) in [4.78, 5) is 49.4. The van der Waals surface area contributed by atoms with Gasteiger partial charge in [0.15, 0.2) is 0 Å². The Kier molecular flexibility index (Phi) is 42.5. The first-order chi connectivity index (χ1) is 25.3. The normalized spacial score (nSPS) is 12.4. The molecule has 0 fully saturated rings. The number of carbonyl (C=O) groups excluding carboxylic acids is 2. The minimum absolute atomic E-state index is 0. The maximum atomic E-state index is 13.1. The molecule has 1 rings (SSSR count). The van der Waals surface area contributed by atoms with E-state index in [1.54, 1.807) is 24.3 Å². The number of hydrogen-bond acceptors (Lipinski definition) is 7. The third-order valence-electron chi connectivity index (χ3n) is 10.1. The molecular weight excluding hydrogens is 735 g/mol. The van der Waals surface area contributed by atoms with Gasteiger partial charge in [0.2, 0.25) is 5.91 Å². The molecule has 0 aliphatic heterocycles. The van der Waals surface area contributed by atoms with Crippen LogP contribution in [0.25, 0.3) is 0 Å². The van der Waals surface area contributed by atoms with E-state index in [-0.39, 0.29) is 82.2 Å². The number of unbranched alkanes of at least 4 members (excludes halogenated alkanes) is 26. The molecule has 0 radical (unpaired) electrons. The summed E-state index contributed by atoms with van der Waals surface area (Å²) >= 11 is 0.285. The molecule has 11 heteroatoms. The largest absolute Gasteiger partial charge is 1.00 e. The van der Waals surface area contributed by atoms with Crippen molar-refractivity contribution in [2.75, 3.05) is 5.75 Å². The summed E-state index contributed by atoms with van der Waals surface area (Å²) in [5, 5.41) is 2.96. The van der Waals surface area contributed by atoms with Crippen LogP contribution in [0.2, 0.25) is 0 Å². The smallest absolute Gasteiger partial charge is 0.803 e. The van der Waals surface area contributed by atoms with Crippen molar-refractivity contribution in [3.8, 4) is 0 Å². The molecule has 0 saturated carbocycles. The van der Waals surface area contributed by atoms with Crippen molar-refractivity contribution in [2.24, 2.45) is 0 Å². The number of hydrogen-bond donors (Lipinski definition) is 1. The minimum Gasteiger partial charge on any atom is -0.803 e. The van der Waals surface area contributed by atoms with Crippen LogP contribution >= 0.6 is 18.2 Å². The second-order valence-electron chi connectivity index (χ2n) is 15.0. The van der Waals surface area contributed by atoms with E-state index in [0.29, 0.717) is 18.4 Å². The molecule has 7 nitrogen and oxygen atoms in total. The number of ether oxygens (including phenoxy) is 1. The zero-order chi connectivity index (χ0) is 38.0. The molecule has 0 aliphatic carbocycles. The summed E-state index contributed by atoms with van der Waals surface area (Å²) in [5.41, 5.74) is 0.395. The van der Waals surface area contributed by atoms with Gasteiger partial charge in [-0.3, -0.25) is 4.79 Å². The number of nitrogens with one attached hydrogen (secondary N) is 1. The fourth-order valence-corrected chi connectivity index (χ4v) is 8.51. The van der Waals surface area contributed by atoms with Crippen molar-refractivity contribution in [2.45, 2.75) is 219 Å². The molecule has 0 saturated heterocycles. The van der Waals surface area contributed by atoms with Gasteiger partial charge in [0.25, 0.3) is 0 Å². The van der Waals surface area contributed by atoms with Gasteiger partial charge in [0.1, 0.15) is 6.10 Å². The van der Waals surface area contributed by atoms with Crippen LogP contribution < -0.4 is 74.2 Å². The van der Waals surface area contributed by atoms with E-state index in [1.165, 1.54) is 135 Å². The fraction of sp³-hybridized carbons (Fsp3) is 0.814. The van der Waals surface area contributed by atoms with Crippen LogP contribution in [0.15, 0.2) is 30.3 Å². The Morgan fingerprint density at radius 3 is 1.37 bits per heavy atom. The van der Waals surface area contributed by atoms with Crippen molar-refractivity contribution < 1.29 is 87.8 Å². The van der Waals surface area contributed by atoms with Gasteiger partial charge in [-0.05, 0) is 38.2 Å². The first kappa shape index (κ1) is 56.8. The number of esters is 1. The summed E-state index contributed by atoms with van der Waals surface area (Å²) in [6, 6.07) is 7.92. The SMILES string of the molecule is CCCCCCCCCCCCCCCCCC(=O)NC(CSP(=O)([O-])[O-])C(CCCCCCCCCCCCCCC)OC(=O)c1ccccc1.[Na+].[Na+]. The quantitative estimate of drug-likeness (QED) is 0.0379. The molecule has 0 bridgehead atoms. The van der Waals surface area contributed by atoms with E-state index in [0.717, 1.165) is 44.9 Å². The standard InChI is InChI=1S/C43H78NO6PS.2Na/c1-3-5-7-9-11-13-15-17-18-20-22-24-26-28-33-37-42(45)44-40(38-52-51(47,48)49)41(50-43(46)39-34-30-29-31-35-39)36-32-27-25-23-21-19-16-14-12-10-8-6-4-2;;/h29-31,34-35,40-41H,3-28,32-33,36-38H2,1-2H3,(H,44,45)(H2,47,48,49);;/q;2*+1/p-2. The van der Waals surface area contributed by atoms with Gasteiger partial charge >= 0.3 is 65.1 Å². The number of amides is 1. The Bertz CT molecular complexity index is 1030. The Labute approximate surface area is 380 Å². The van der Waals surface area contributed by atoms with E-state index in [1.807, 2.05) is 6.07 Å². The molecule has 54 heavy (non-hydrogen) atoms. The maximum absolute atomic E-state index is 13.1. The molecule has 2 unspecified atom stereocenters. The molecule has 0 spiro atoms. The average Bonchev–Trinajstić information content (AvgIpc) is 3.13. The molecule has 0 aromatic heterocycles. The van der Waals surface area contributed by atoms with Gasteiger partial charge in [-0.25, -0.2) is 4.79 Å². The van der Waals surface area contributed by atoms with Crippen molar-refractivity contribution >= 4 is 30.1 Å². The zero-order valence-corrected chi connectivity index (χ0v) is 41.0. The van der Waals surface area contributed by atoms with Gasteiger partial charge in [0, 0.05) is 12.2 Å². The van der Waals surface area contributed by atoms with E-state index in [9.17, 15) is 23.9 Å². The van der Waals surface area contributed by atoms with E-state index in [2.05, 4.69) is 19.2 Å². The second kappa shape index (κ2) is 40.4. The van der Waals surface area contributed by atoms with Crippen LogP contribution in [0.5, 0.6) is 0 Å². The van der Waals surface area contributed by atoms with E-state index in [4.69, 9.17) is 4.74 Å². The molecule has 0 heterocycles. The maximum Gasteiger partial charge on any atom is 1.00 e. The Balaban J connectivity index is 0. The zero-order valence-electron chi connectivity index (χ0n) is 35.3. The minimum atomic E-state index is -4.88.